The Morgan fingerprint density at radius 3 is 0.688 bits per heavy atom. The first-order valence-corrected chi connectivity index (χ1v) is 43.7. The van der Waals surface area contributed by atoms with Crippen LogP contribution in [0.2, 0.25) is 0 Å². The van der Waals surface area contributed by atoms with Crippen LogP contribution < -0.4 is 0 Å². The van der Waals surface area contributed by atoms with E-state index in [1.807, 2.05) is 0 Å². The van der Waals surface area contributed by atoms with Gasteiger partial charge in [0.15, 0.2) is 0 Å². The molecule has 0 N–H and O–H groups in total. The highest BCUT2D eigenvalue weighted by atomic mass is 15.0. The van der Waals surface area contributed by atoms with E-state index in [0.29, 0.717) is 0 Å². The van der Waals surface area contributed by atoms with Crippen molar-refractivity contribution >= 4 is 109 Å². The summed E-state index contributed by atoms with van der Waals surface area (Å²) in [5.74, 6) is 0. The first-order valence-electron chi connectivity index (χ1n) is 43.7. The van der Waals surface area contributed by atoms with Crippen LogP contribution in [0.15, 0.2) is 437 Å². The third-order valence-corrected chi connectivity index (χ3v) is 27.9. The third-order valence-electron chi connectivity index (χ3n) is 27.9. The van der Waals surface area contributed by atoms with E-state index >= 15 is 0 Å². The highest BCUT2D eigenvalue weighted by Crippen LogP contribution is 2.60. The molecular formula is C120H81N5. The zero-order chi connectivity index (χ0) is 82.5. The summed E-state index contributed by atoms with van der Waals surface area (Å²) in [5.41, 5.74) is 35.9. The van der Waals surface area contributed by atoms with Gasteiger partial charge in [0.25, 0.3) is 0 Å². The highest BCUT2D eigenvalue weighted by molar-refractivity contribution is 6.15. The minimum atomic E-state index is -0.802. The molecule has 0 atom stereocenters. The molecule has 24 aromatic rings. The Morgan fingerprint density at radius 1 is 0.168 bits per heavy atom. The lowest BCUT2D eigenvalue weighted by Crippen LogP contribution is -2.28. The molecule has 0 saturated heterocycles. The summed E-state index contributed by atoms with van der Waals surface area (Å²) in [7, 11) is 0. The minimum absolute atomic E-state index is 0.0459. The number of para-hydroxylation sites is 8. The molecule has 0 amide bonds. The summed E-state index contributed by atoms with van der Waals surface area (Å²) < 4.78 is 12.5. The van der Waals surface area contributed by atoms with Crippen LogP contribution in [0, 0.1) is 0 Å². The van der Waals surface area contributed by atoms with Gasteiger partial charge >= 0.3 is 0 Å². The second kappa shape index (κ2) is 26.8. The van der Waals surface area contributed by atoms with Crippen LogP contribution in [0.3, 0.4) is 0 Å². The number of fused-ring (bicyclic) bond motifs is 21. The van der Waals surface area contributed by atoms with Crippen molar-refractivity contribution in [2.75, 3.05) is 0 Å². The Bertz CT molecular complexity index is 7630. The van der Waals surface area contributed by atoms with Crippen molar-refractivity contribution in [1.82, 2.24) is 22.8 Å². The topological polar surface area (TPSA) is 24.6 Å². The van der Waals surface area contributed by atoms with Gasteiger partial charge in [-0.25, -0.2) is 0 Å². The van der Waals surface area contributed by atoms with E-state index in [2.05, 4.69) is 480 Å². The lowest BCUT2D eigenvalue weighted by molar-refractivity contribution is 0.590. The lowest BCUT2D eigenvalue weighted by Gasteiger charge is -2.34. The number of nitrogens with zero attached hydrogens (tertiary/aromatic N) is 5. The van der Waals surface area contributed by atoms with E-state index in [-0.39, 0.29) is 5.41 Å². The molecule has 5 aromatic heterocycles. The van der Waals surface area contributed by atoms with Crippen molar-refractivity contribution in [2.24, 2.45) is 0 Å². The van der Waals surface area contributed by atoms with E-state index in [1.54, 1.807) is 0 Å². The van der Waals surface area contributed by atoms with Gasteiger partial charge in [0.2, 0.25) is 0 Å². The smallest absolute Gasteiger partial charge is 0.0714 e. The van der Waals surface area contributed by atoms with Crippen LogP contribution in [-0.4, -0.2) is 22.8 Å². The largest absolute Gasteiger partial charge is 0.309 e. The van der Waals surface area contributed by atoms with Gasteiger partial charge in [0.05, 0.1) is 66.0 Å². The average Bonchev–Trinajstić information content (AvgIpc) is 1.54. The van der Waals surface area contributed by atoms with Gasteiger partial charge in [-0.3, -0.25) is 0 Å². The first kappa shape index (κ1) is 71.0. The molecule has 125 heavy (non-hydrogen) atoms. The number of hydrogen-bond acceptors (Lipinski definition) is 0. The number of hydrogen-bond donors (Lipinski definition) is 0. The number of aromatic nitrogens is 5. The second-order valence-corrected chi connectivity index (χ2v) is 35.4. The number of benzene rings is 19. The molecule has 26 rings (SSSR count). The Kier molecular flexibility index (Phi) is 15.2. The molecule has 0 bridgehead atoms. The van der Waals surface area contributed by atoms with E-state index < -0.39 is 10.8 Å². The van der Waals surface area contributed by atoms with Gasteiger partial charge in [-0.1, -0.05) is 324 Å². The summed E-state index contributed by atoms with van der Waals surface area (Å²) in [6, 6.07) is 166. The zero-order valence-electron chi connectivity index (χ0n) is 69.3. The molecule has 0 spiro atoms. The maximum absolute atomic E-state index is 2.60. The van der Waals surface area contributed by atoms with Crippen LogP contribution in [0.1, 0.15) is 70.8 Å². The molecule has 5 nitrogen and oxygen atoms in total. The number of rotatable bonds is 11. The molecule has 0 aliphatic heterocycles. The normalized spacial score (nSPS) is 13.4. The van der Waals surface area contributed by atoms with Gasteiger partial charge < -0.3 is 22.8 Å². The fourth-order valence-electron chi connectivity index (χ4n) is 22.6. The van der Waals surface area contributed by atoms with Crippen molar-refractivity contribution in [3.8, 4) is 72.9 Å². The summed E-state index contributed by atoms with van der Waals surface area (Å²) in [4.78, 5) is 0. The molecule has 2 aliphatic carbocycles. The second-order valence-electron chi connectivity index (χ2n) is 35.4. The van der Waals surface area contributed by atoms with Crippen LogP contribution in [0.4, 0.5) is 0 Å². The van der Waals surface area contributed by atoms with Gasteiger partial charge in [0, 0.05) is 82.3 Å². The maximum Gasteiger partial charge on any atom is 0.0714 e. The standard InChI is InChI=1S/C120H81N5/c1-118(2,3)80-58-62-85(63-59-80)121-116-64-60-83(119(104-46-16-4-34-90(104)91-35-5-17-47-105(91)119)81-32-28-30-76(66-81)78-68-86(122-108-50-20-8-38-94(108)95-39-9-21-51-109(95)122)74-87(69-78)123-110-52-22-10-40-96(110)97-41-11-23-53-111(97)123)72-102(116)103-73-84(61-65-117(103)121)120(106-48-18-6-36-92(106)93-37-7-19-49-107(93)120)82-33-29-31-77(67-82)79-70-88(124-112-54-24-12-42-98(112)99-43-13-25-55-113(99)124)75-89(71-79)125-114-56-26-14-44-100(114)101-45-15-27-57-115(101)125/h4-75H,1-3H3. The van der Waals surface area contributed by atoms with E-state index in [9.17, 15) is 0 Å². The van der Waals surface area contributed by atoms with Crippen LogP contribution >= 0.6 is 0 Å². The monoisotopic (exact) mass is 1590 g/mol. The highest BCUT2D eigenvalue weighted by Gasteiger charge is 2.49. The maximum atomic E-state index is 2.60. The molecule has 0 saturated carbocycles. The molecule has 0 fully saturated rings. The fourth-order valence-corrected chi connectivity index (χ4v) is 22.6. The molecule has 5 heterocycles. The molecular weight excluding hydrogens is 1510 g/mol. The molecule has 2 aliphatic rings. The molecule has 0 unspecified atom stereocenters. The van der Waals surface area contributed by atoms with E-state index in [4.69, 9.17) is 0 Å². The van der Waals surface area contributed by atoms with E-state index in [0.717, 1.165) is 61.7 Å². The zero-order valence-corrected chi connectivity index (χ0v) is 69.3. The van der Waals surface area contributed by atoms with Crippen LogP contribution in [0.5, 0.6) is 0 Å². The molecule has 586 valence electrons. The quantitative estimate of drug-likeness (QED) is 0.123. The van der Waals surface area contributed by atoms with Crippen molar-refractivity contribution in [3.63, 3.8) is 0 Å². The van der Waals surface area contributed by atoms with Crippen LogP contribution in [-0.2, 0) is 16.2 Å². The third kappa shape index (κ3) is 10.2. The minimum Gasteiger partial charge on any atom is -0.309 e. The summed E-state index contributed by atoms with van der Waals surface area (Å²) in [5, 5.41) is 12.2. The SMILES string of the molecule is CC(C)(C)c1ccc(-n2c3ccc(C4(c5cccc(-c6cc(-n7c8ccccc8c8ccccc87)cc(-n7c8ccccc8c8ccccc87)c6)c5)c5ccccc5-c5ccccc54)cc3c3cc(C4(c5cccc(-c6cc(-n7c8ccccc8c8ccccc87)cc(-n7c8ccccc8c8ccccc87)c6)c5)c5ccccc5-c5ccccc54)ccc32)cc1. The predicted molar refractivity (Wildman–Crippen MR) is 522 cm³/mol. The Labute approximate surface area is 723 Å². The van der Waals surface area contributed by atoms with E-state index in [1.165, 1.54) is 170 Å². The van der Waals surface area contributed by atoms with Crippen molar-refractivity contribution in [1.29, 1.82) is 0 Å². The first-order chi connectivity index (χ1) is 61.6. The van der Waals surface area contributed by atoms with Gasteiger partial charge in [-0.15, -0.1) is 0 Å². The van der Waals surface area contributed by atoms with Gasteiger partial charge in [-0.05, 0) is 233 Å². The molecule has 0 radical (unpaired) electrons. The Balaban J connectivity index is 0.714. The van der Waals surface area contributed by atoms with Crippen molar-refractivity contribution < 1.29 is 0 Å². The molecule has 5 heteroatoms. The Hall–Kier alpha value is -15.8. The predicted octanol–water partition coefficient (Wildman–Crippen LogP) is 30.5. The fraction of sp³-hybridized carbons (Fsp3) is 0.0500. The average molecular weight is 1590 g/mol. The van der Waals surface area contributed by atoms with Crippen LogP contribution in [0.25, 0.3) is 182 Å². The van der Waals surface area contributed by atoms with Gasteiger partial charge in [-0.2, -0.15) is 0 Å². The summed E-state index contributed by atoms with van der Waals surface area (Å²) in [6.07, 6.45) is 0. The van der Waals surface area contributed by atoms with Crippen molar-refractivity contribution in [3.05, 3.63) is 487 Å². The lowest BCUT2D eigenvalue weighted by atomic mass is 9.66. The van der Waals surface area contributed by atoms with Crippen molar-refractivity contribution in [2.45, 2.75) is 37.0 Å². The summed E-state index contributed by atoms with van der Waals surface area (Å²) >= 11 is 0. The molecule has 19 aromatic carbocycles. The summed E-state index contributed by atoms with van der Waals surface area (Å²) in [6.45, 7) is 6.93. The Morgan fingerprint density at radius 2 is 0.408 bits per heavy atom. The van der Waals surface area contributed by atoms with Gasteiger partial charge in [0.1, 0.15) is 0 Å².